The fraction of sp³-hybridized carbons (Fsp3) is 0.348. The van der Waals surface area contributed by atoms with Crippen LogP contribution in [0.4, 0.5) is 0 Å². The fourth-order valence-electron chi connectivity index (χ4n) is 3.10. The van der Waals surface area contributed by atoms with E-state index in [-0.39, 0.29) is 9.94 Å². The van der Waals surface area contributed by atoms with Crippen LogP contribution in [-0.4, -0.2) is 27.3 Å². The van der Waals surface area contributed by atoms with Gasteiger partial charge in [-0.15, -0.1) is 0 Å². The Balaban J connectivity index is 1.70. The van der Waals surface area contributed by atoms with Crippen molar-refractivity contribution in [2.75, 3.05) is 5.75 Å². The molecule has 3 rings (SSSR count). The lowest BCUT2D eigenvalue weighted by molar-refractivity contribution is -0.156. The molecule has 0 saturated heterocycles. The first kappa shape index (κ1) is 23.8. The maximum absolute atomic E-state index is 12.8. The highest BCUT2D eigenvalue weighted by Crippen LogP contribution is 2.45. The third-order valence-electron chi connectivity index (χ3n) is 4.94. The summed E-state index contributed by atoms with van der Waals surface area (Å²) in [5.74, 6) is -0.00237. The second kappa shape index (κ2) is 9.76. The molecule has 162 valence electrons. The van der Waals surface area contributed by atoms with Crippen LogP contribution in [0.3, 0.4) is 0 Å². The minimum Gasteiger partial charge on any atom is -0.486 e. The van der Waals surface area contributed by atoms with Crippen LogP contribution in [0.15, 0.2) is 46.9 Å². The van der Waals surface area contributed by atoms with Gasteiger partial charge in [0.2, 0.25) is 5.12 Å². The fourth-order valence-corrected chi connectivity index (χ4v) is 4.69. The number of halogens is 2. The maximum atomic E-state index is 12.8. The largest absolute Gasteiger partial charge is 0.486 e. The molecule has 0 saturated carbocycles. The number of carbonyl (C=O) groups excluding carboxylic acids is 2. The molecule has 0 aromatic heterocycles. The van der Waals surface area contributed by atoms with E-state index in [2.05, 4.69) is 37.9 Å². The van der Waals surface area contributed by atoms with E-state index in [1.54, 1.807) is 37.3 Å². The zero-order valence-electron chi connectivity index (χ0n) is 17.2. The Labute approximate surface area is 202 Å². The van der Waals surface area contributed by atoms with E-state index in [0.717, 1.165) is 16.2 Å². The summed E-state index contributed by atoms with van der Waals surface area (Å²) in [6.07, 6.45) is -0.617. The van der Waals surface area contributed by atoms with Gasteiger partial charge in [0.05, 0.1) is 22.4 Å². The molecule has 0 spiro atoms. The number of nitrogens with zero attached hydrogens (tertiary/aromatic N) is 1. The summed E-state index contributed by atoms with van der Waals surface area (Å²) >= 11 is 8.06. The van der Waals surface area contributed by atoms with E-state index >= 15 is 0 Å². The molecule has 0 fully saturated rings. The Morgan fingerprint density at radius 2 is 1.94 bits per heavy atom. The monoisotopic (exact) mass is 565 g/mol. The van der Waals surface area contributed by atoms with Crippen LogP contribution in [0.5, 0.6) is 5.75 Å². The summed E-state index contributed by atoms with van der Waals surface area (Å²) in [5, 5.41) is 9.15. The highest BCUT2D eigenvalue weighted by atomic mass is 79.9. The molecule has 0 bridgehead atoms. The van der Waals surface area contributed by atoms with Crippen molar-refractivity contribution in [3.05, 3.63) is 63.6 Å². The molecule has 1 heterocycles. The van der Waals surface area contributed by atoms with Crippen molar-refractivity contribution in [1.82, 2.24) is 0 Å². The first-order valence-corrected chi connectivity index (χ1v) is 12.3. The third-order valence-corrected chi connectivity index (χ3v) is 8.21. The van der Waals surface area contributed by atoms with Gasteiger partial charge in [-0.1, -0.05) is 50.5 Å². The molecular weight excluding hydrogens is 546 g/mol. The number of ether oxygens (including phenoxy) is 2. The Morgan fingerprint density at radius 1 is 1.26 bits per heavy atom. The number of nitriles is 1. The highest BCUT2D eigenvalue weighted by molar-refractivity contribution is 9.10. The SMILES string of the molecule is C[C@H](CSC(=O)c1ccc(Br)cc1)C(=O)O[C@@H]1c2cc(C#N)ccc2OC(C)(C)[C@H]1Br. The van der Waals surface area contributed by atoms with Crippen molar-refractivity contribution in [1.29, 1.82) is 5.26 Å². The molecule has 8 heteroatoms. The molecule has 0 unspecified atom stereocenters. The van der Waals surface area contributed by atoms with Crippen LogP contribution in [0.25, 0.3) is 0 Å². The quantitative estimate of drug-likeness (QED) is 0.324. The van der Waals surface area contributed by atoms with Crippen LogP contribution < -0.4 is 4.74 Å². The van der Waals surface area contributed by atoms with Gasteiger partial charge in [0.25, 0.3) is 0 Å². The second-order valence-corrected chi connectivity index (χ2v) is 10.7. The van der Waals surface area contributed by atoms with E-state index in [9.17, 15) is 14.9 Å². The number of fused-ring (bicyclic) bond motifs is 1. The maximum Gasteiger partial charge on any atom is 0.310 e. The normalized spacial score (nSPS) is 20.0. The zero-order chi connectivity index (χ0) is 22.8. The van der Waals surface area contributed by atoms with Crippen LogP contribution >= 0.6 is 43.6 Å². The average Bonchev–Trinajstić information content (AvgIpc) is 2.74. The van der Waals surface area contributed by atoms with Crippen LogP contribution in [0.1, 0.15) is 48.4 Å². The van der Waals surface area contributed by atoms with Crippen molar-refractivity contribution < 1.29 is 19.1 Å². The number of hydrogen-bond donors (Lipinski definition) is 0. The van der Waals surface area contributed by atoms with Gasteiger partial charge >= 0.3 is 5.97 Å². The summed E-state index contributed by atoms with van der Waals surface area (Å²) in [7, 11) is 0. The molecule has 0 radical (unpaired) electrons. The van der Waals surface area contributed by atoms with Gasteiger partial charge in [0.1, 0.15) is 17.5 Å². The molecule has 0 amide bonds. The number of alkyl halides is 1. The number of rotatable bonds is 5. The second-order valence-electron chi connectivity index (χ2n) is 7.84. The lowest BCUT2D eigenvalue weighted by atomic mass is 9.90. The van der Waals surface area contributed by atoms with Crippen LogP contribution in [0.2, 0.25) is 0 Å². The van der Waals surface area contributed by atoms with Gasteiger partial charge in [-0.3, -0.25) is 9.59 Å². The first-order valence-electron chi connectivity index (χ1n) is 9.62. The molecule has 2 aromatic rings. The van der Waals surface area contributed by atoms with Crippen molar-refractivity contribution in [2.45, 2.75) is 37.3 Å². The number of thioether (sulfide) groups is 1. The smallest absolute Gasteiger partial charge is 0.310 e. The molecule has 1 aliphatic rings. The molecule has 0 aliphatic carbocycles. The summed E-state index contributed by atoms with van der Waals surface area (Å²) in [6.45, 7) is 5.56. The molecule has 2 aromatic carbocycles. The van der Waals surface area contributed by atoms with Crippen molar-refractivity contribution in [2.24, 2.45) is 5.92 Å². The molecule has 0 N–H and O–H groups in total. The van der Waals surface area contributed by atoms with Crippen molar-refractivity contribution in [3.8, 4) is 11.8 Å². The highest BCUT2D eigenvalue weighted by Gasteiger charge is 2.45. The lowest BCUT2D eigenvalue weighted by Crippen LogP contribution is -2.47. The Hall–Kier alpha value is -1.82. The van der Waals surface area contributed by atoms with Crippen LogP contribution in [-0.2, 0) is 9.53 Å². The van der Waals surface area contributed by atoms with Gasteiger partial charge < -0.3 is 9.47 Å². The number of benzene rings is 2. The average molecular weight is 567 g/mol. The Kier molecular flexibility index (Phi) is 7.51. The molecular formula is C23H21Br2NO4S. The van der Waals surface area contributed by atoms with E-state index in [1.807, 2.05) is 26.0 Å². The van der Waals surface area contributed by atoms with Gasteiger partial charge in [-0.2, -0.15) is 5.26 Å². The van der Waals surface area contributed by atoms with Crippen LogP contribution in [0, 0.1) is 17.2 Å². The molecule has 3 atom stereocenters. The minimum atomic E-state index is -0.623. The van der Waals surface area contributed by atoms with Crippen molar-refractivity contribution >= 4 is 54.7 Å². The Morgan fingerprint density at radius 3 is 2.58 bits per heavy atom. The number of hydrogen-bond acceptors (Lipinski definition) is 6. The first-order chi connectivity index (χ1) is 14.6. The lowest BCUT2D eigenvalue weighted by Gasteiger charge is -2.41. The van der Waals surface area contributed by atoms with Gasteiger partial charge in [-0.25, -0.2) is 0 Å². The predicted octanol–water partition coefficient (Wildman–Crippen LogP) is 6.05. The summed E-state index contributed by atoms with van der Waals surface area (Å²) in [5.41, 5.74) is 1.08. The van der Waals surface area contributed by atoms with E-state index in [4.69, 9.17) is 9.47 Å². The summed E-state index contributed by atoms with van der Waals surface area (Å²) < 4.78 is 12.8. The number of carbonyl (C=O) groups is 2. The predicted molar refractivity (Wildman–Crippen MR) is 128 cm³/mol. The van der Waals surface area contributed by atoms with E-state index < -0.39 is 23.6 Å². The zero-order valence-corrected chi connectivity index (χ0v) is 21.2. The topological polar surface area (TPSA) is 76.4 Å². The summed E-state index contributed by atoms with van der Waals surface area (Å²) in [4.78, 5) is 24.9. The summed E-state index contributed by atoms with van der Waals surface area (Å²) in [6, 6.07) is 14.3. The van der Waals surface area contributed by atoms with E-state index in [0.29, 0.717) is 28.2 Å². The van der Waals surface area contributed by atoms with Gasteiger partial charge in [-0.05, 0) is 56.3 Å². The third kappa shape index (κ3) is 5.51. The molecule has 31 heavy (non-hydrogen) atoms. The molecule has 1 aliphatic heterocycles. The van der Waals surface area contributed by atoms with Crippen molar-refractivity contribution in [3.63, 3.8) is 0 Å². The standard InChI is InChI=1S/C23H21Br2NO4S/c1-13(12-31-22(28)15-5-7-16(24)8-6-15)21(27)29-19-17-10-14(11-26)4-9-18(17)30-23(2,3)20(19)25/h4-10,13,19-20H,12H2,1-3H3/t13-,19-,20+/m1/s1. The molecule has 5 nitrogen and oxygen atoms in total. The van der Waals surface area contributed by atoms with E-state index in [1.165, 1.54) is 0 Å². The Bertz CT molecular complexity index is 1030. The number of esters is 1. The minimum absolute atomic E-state index is 0.0956. The van der Waals surface area contributed by atoms with Gasteiger partial charge in [0, 0.05) is 21.4 Å². The van der Waals surface area contributed by atoms with Gasteiger partial charge in [0.15, 0.2) is 0 Å².